The predicted molar refractivity (Wildman–Crippen MR) is 70.9 cm³/mol. The van der Waals surface area contributed by atoms with Crippen LogP contribution in [-0.2, 0) is 4.74 Å². The Kier molecular flexibility index (Phi) is 2.14. The molecular weight excluding hydrogens is 224 g/mol. The van der Waals surface area contributed by atoms with E-state index in [1.807, 2.05) is 0 Å². The molecule has 3 heteroatoms. The monoisotopic (exact) mass is 246 g/mol. The predicted octanol–water partition coefficient (Wildman–Crippen LogP) is 1.88. The van der Waals surface area contributed by atoms with Gasteiger partial charge in [-0.1, -0.05) is 19.9 Å². The largest absolute Gasteiger partial charge is 0.491 e. The van der Waals surface area contributed by atoms with Gasteiger partial charge in [-0.15, -0.1) is 0 Å². The fourth-order valence-electron chi connectivity index (χ4n) is 4.08. The second-order valence-electron chi connectivity index (χ2n) is 6.88. The van der Waals surface area contributed by atoms with Crippen molar-refractivity contribution < 1.29 is 4.74 Å². The molecule has 2 saturated heterocycles. The summed E-state index contributed by atoms with van der Waals surface area (Å²) in [6.45, 7) is 7.65. The summed E-state index contributed by atoms with van der Waals surface area (Å²) in [7, 11) is 0. The molecule has 0 aromatic heterocycles. The third-order valence-electron chi connectivity index (χ3n) is 5.12. The first-order valence-corrected chi connectivity index (χ1v) is 7.18. The second kappa shape index (κ2) is 3.53. The van der Waals surface area contributed by atoms with Crippen LogP contribution in [0.4, 0.5) is 0 Å². The molecule has 4 aliphatic rings. The zero-order valence-electron chi connectivity index (χ0n) is 11.3. The van der Waals surface area contributed by atoms with E-state index in [-0.39, 0.29) is 5.41 Å². The van der Waals surface area contributed by atoms with Crippen LogP contribution >= 0.6 is 0 Å². The molecule has 3 aliphatic heterocycles. The number of ether oxygens (including phenoxy) is 1. The van der Waals surface area contributed by atoms with Gasteiger partial charge in [0, 0.05) is 42.4 Å². The summed E-state index contributed by atoms with van der Waals surface area (Å²) in [6, 6.07) is 1.50. The van der Waals surface area contributed by atoms with Crippen molar-refractivity contribution in [1.29, 1.82) is 0 Å². The van der Waals surface area contributed by atoms with Gasteiger partial charge in [-0.2, -0.15) is 0 Å². The second-order valence-corrected chi connectivity index (χ2v) is 6.88. The fraction of sp³-hybridized carbons (Fsp3) is 0.733. The highest BCUT2D eigenvalue weighted by Gasteiger charge is 2.43. The summed E-state index contributed by atoms with van der Waals surface area (Å²) in [5.41, 5.74) is 1.62. The van der Waals surface area contributed by atoms with Crippen LogP contribution < -0.4 is 5.32 Å². The zero-order valence-corrected chi connectivity index (χ0v) is 11.3. The molecule has 4 rings (SSSR count). The molecule has 3 heterocycles. The Morgan fingerprint density at radius 1 is 1.39 bits per heavy atom. The van der Waals surface area contributed by atoms with Crippen molar-refractivity contribution in [1.82, 2.24) is 10.2 Å². The van der Waals surface area contributed by atoms with E-state index >= 15 is 0 Å². The molecule has 1 N–H and O–H groups in total. The normalized spacial score (nSPS) is 40.3. The van der Waals surface area contributed by atoms with Crippen molar-refractivity contribution in [3.8, 4) is 0 Å². The fourth-order valence-corrected chi connectivity index (χ4v) is 4.08. The lowest BCUT2D eigenvalue weighted by Gasteiger charge is -2.35. The first-order chi connectivity index (χ1) is 8.63. The number of rotatable bonds is 1. The number of piperidine rings is 1. The van der Waals surface area contributed by atoms with Gasteiger partial charge in [0.15, 0.2) is 0 Å². The molecule has 0 aromatic carbocycles. The van der Waals surface area contributed by atoms with Gasteiger partial charge in [0.1, 0.15) is 5.76 Å². The van der Waals surface area contributed by atoms with E-state index in [0.29, 0.717) is 0 Å². The Balaban J connectivity index is 1.56. The van der Waals surface area contributed by atoms with Crippen molar-refractivity contribution in [3.63, 3.8) is 0 Å². The van der Waals surface area contributed by atoms with Crippen molar-refractivity contribution >= 4 is 0 Å². The number of fused-ring (bicyclic) bond motifs is 3. The van der Waals surface area contributed by atoms with E-state index in [1.54, 1.807) is 0 Å². The molecule has 3 unspecified atom stereocenters. The first kappa shape index (κ1) is 10.9. The lowest BCUT2D eigenvalue weighted by Crippen LogP contribution is -2.43. The standard InChI is InChI=1S/C15H22N2O/c1-15(2)9-18-14-8-17(4-3-12(14)15)13-6-11-5-10(13)7-16-11/h3,8,10-11,13,16H,4-7,9H2,1-2H3. The van der Waals surface area contributed by atoms with Crippen LogP contribution in [0, 0.1) is 11.3 Å². The van der Waals surface area contributed by atoms with E-state index in [2.05, 4.69) is 36.3 Å². The molecule has 1 aliphatic carbocycles. The Labute approximate surface area is 109 Å². The number of nitrogens with one attached hydrogen (secondary N) is 1. The molecule has 2 bridgehead atoms. The van der Waals surface area contributed by atoms with E-state index in [0.717, 1.165) is 36.9 Å². The highest BCUT2D eigenvalue weighted by Crippen LogP contribution is 2.43. The molecule has 1 saturated carbocycles. The van der Waals surface area contributed by atoms with Gasteiger partial charge < -0.3 is 15.0 Å². The SMILES string of the molecule is CC1(C)COC2=CN(C3CC4CC3CN4)CC=C21. The first-order valence-electron chi connectivity index (χ1n) is 7.18. The van der Waals surface area contributed by atoms with Crippen LogP contribution in [0.5, 0.6) is 0 Å². The summed E-state index contributed by atoms with van der Waals surface area (Å²) in [4.78, 5) is 2.52. The van der Waals surface area contributed by atoms with Crippen molar-refractivity contribution in [2.24, 2.45) is 11.3 Å². The van der Waals surface area contributed by atoms with Crippen LogP contribution in [0.1, 0.15) is 26.7 Å². The maximum Gasteiger partial charge on any atom is 0.138 e. The number of nitrogens with zero attached hydrogens (tertiary/aromatic N) is 1. The average Bonchev–Trinajstić information content (AvgIpc) is 3.04. The molecule has 0 radical (unpaired) electrons. The van der Waals surface area contributed by atoms with Gasteiger partial charge >= 0.3 is 0 Å². The molecule has 98 valence electrons. The van der Waals surface area contributed by atoms with Crippen molar-refractivity contribution in [3.05, 3.63) is 23.6 Å². The minimum absolute atomic E-state index is 0.203. The van der Waals surface area contributed by atoms with Crippen LogP contribution in [-0.4, -0.2) is 36.7 Å². The van der Waals surface area contributed by atoms with Crippen molar-refractivity contribution in [2.45, 2.75) is 38.8 Å². The summed E-state index contributed by atoms with van der Waals surface area (Å²) in [5.74, 6) is 1.97. The molecule has 18 heavy (non-hydrogen) atoms. The minimum atomic E-state index is 0.203. The summed E-state index contributed by atoms with van der Waals surface area (Å²) in [5, 5.41) is 3.59. The number of hydrogen-bond acceptors (Lipinski definition) is 3. The highest BCUT2D eigenvalue weighted by atomic mass is 16.5. The van der Waals surface area contributed by atoms with Gasteiger partial charge in [0.05, 0.1) is 6.61 Å². The van der Waals surface area contributed by atoms with E-state index < -0.39 is 0 Å². The third kappa shape index (κ3) is 1.46. The van der Waals surface area contributed by atoms with Crippen LogP contribution in [0.25, 0.3) is 0 Å². The Bertz CT molecular complexity index is 438. The van der Waals surface area contributed by atoms with Crippen LogP contribution in [0.3, 0.4) is 0 Å². The Hall–Kier alpha value is -0.960. The molecular formula is C15H22N2O. The molecule has 3 nitrogen and oxygen atoms in total. The zero-order chi connectivity index (χ0) is 12.3. The summed E-state index contributed by atoms with van der Waals surface area (Å²) in [6.07, 6.45) is 7.35. The van der Waals surface area contributed by atoms with Crippen LogP contribution in [0.15, 0.2) is 23.6 Å². The molecule has 3 atom stereocenters. The van der Waals surface area contributed by atoms with Crippen molar-refractivity contribution in [2.75, 3.05) is 19.7 Å². The lowest BCUT2D eigenvalue weighted by molar-refractivity contribution is 0.188. The third-order valence-corrected chi connectivity index (χ3v) is 5.12. The van der Waals surface area contributed by atoms with E-state index in [1.165, 1.54) is 25.0 Å². The quantitative estimate of drug-likeness (QED) is 0.764. The topological polar surface area (TPSA) is 24.5 Å². The Morgan fingerprint density at radius 2 is 2.28 bits per heavy atom. The molecule has 3 fully saturated rings. The average molecular weight is 246 g/mol. The maximum atomic E-state index is 5.88. The molecule has 0 spiro atoms. The lowest BCUT2D eigenvalue weighted by atomic mass is 9.85. The molecule has 0 amide bonds. The van der Waals surface area contributed by atoms with Gasteiger partial charge in [-0.3, -0.25) is 0 Å². The maximum absolute atomic E-state index is 5.88. The number of hydrogen-bond donors (Lipinski definition) is 1. The van der Waals surface area contributed by atoms with Gasteiger partial charge in [-0.25, -0.2) is 0 Å². The van der Waals surface area contributed by atoms with Gasteiger partial charge in [-0.05, 0) is 18.8 Å². The smallest absolute Gasteiger partial charge is 0.138 e. The summed E-state index contributed by atoms with van der Waals surface area (Å²) < 4.78 is 5.88. The number of allylic oxidation sites excluding steroid dienone is 1. The Morgan fingerprint density at radius 3 is 3.00 bits per heavy atom. The summed E-state index contributed by atoms with van der Waals surface area (Å²) >= 11 is 0. The molecule has 0 aromatic rings. The van der Waals surface area contributed by atoms with E-state index in [4.69, 9.17) is 4.74 Å². The minimum Gasteiger partial charge on any atom is -0.491 e. The van der Waals surface area contributed by atoms with Gasteiger partial charge in [0.2, 0.25) is 0 Å². The van der Waals surface area contributed by atoms with Gasteiger partial charge in [0.25, 0.3) is 0 Å². The highest BCUT2D eigenvalue weighted by molar-refractivity contribution is 5.38. The van der Waals surface area contributed by atoms with Crippen LogP contribution in [0.2, 0.25) is 0 Å². The van der Waals surface area contributed by atoms with E-state index in [9.17, 15) is 0 Å².